The molecule has 0 aromatic rings. The largest absolute Gasteiger partial charge is 0.481 e. The molecule has 6 atom stereocenters. The lowest BCUT2D eigenvalue weighted by atomic mass is 9.45. The highest BCUT2D eigenvalue weighted by molar-refractivity contribution is 5.73. The fraction of sp³-hybridized carbons (Fsp3) is 0.850. The van der Waals surface area contributed by atoms with E-state index in [0.29, 0.717) is 17.8 Å². The summed E-state index contributed by atoms with van der Waals surface area (Å²) in [5, 5.41) is 9.69. The lowest BCUT2D eigenvalue weighted by molar-refractivity contribution is -0.147. The van der Waals surface area contributed by atoms with Gasteiger partial charge in [-0.15, -0.1) is 0 Å². The van der Waals surface area contributed by atoms with E-state index >= 15 is 0 Å². The van der Waals surface area contributed by atoms with Gasteiger partial charge in [-0.05, 0) is 62.4 Å². The maximum absolute atomic E-state index is 11.8. The van der Waals surface area contributed by atoms with Crippen molar-refractivity contribution in [2.24, 2.45) is 28.6 Å². The fourth-order valence-corrected chi connectivity index (χ4v) is 7.60. The Bertz CT molecular complexity index is 592. The van der Waals surface area contributed by atoms with E-state index in [1.54, 1.807) is 0 Å². The molecule has 5 aliphatic rings. The maximum atomic E-state index is 11.8. The SMILES string of the molecule is C[C@]12CC[C@@H]3[C@@]45CCCC[C@@H]4CC[C@@]3(OC5)C1=CC[C@@H]2C(=O)O. The zero-order valence-electron chi connectivity index (χ0n) is 14.1. The smallest absolute Gasteiger partial charge is 0.307 e. The minimum absolute atomic E-state index is 0.106. The number of carboxylic acid groups (broad SMARTS) is 1. The van der Waals surface area contributed by atoms with Crippen LogP contribution < -0.4 is 0 Å². The van der Waals surface area contributed by atoms with Crippen LogP contribution in [0.1, 0.15) is 64.7 Å². The van der Waals surface area contributed by atoms with Crippen LogP contribution in [-0.2, 0) is 9.53 Å². The van der Waals surface area contributed by atoms with Crippen LogP contribution in [0.15, 0.2) is 11.6 Å². The van der Waals surface area contributed by atoms with E-state index < -0.39 is 5.97 Å². The van der Waals surface area contributed by atoms with Gasteiger partial charge in [0.2, 0.25) is 0 Å². The van der Waals surface area contributed by atoms with Crippen LogP contribution in [0.4, 0.5) is 0 Å². The van der Waals surface area contributed by atoms with Gasteiger partial charge in [-0.2, -0.15) is 0 Å². The molecule has 0 radical (unpaired) electrons. The quantitative estimate of drug-likeness (QED) is 0.738. The first kappa shape index (κ1) is 14.5. The van der Waals surface area contributed by atoms with Gasteiger partial charge < -0.3 is 9.84 Å². The van der Waals surface area contributed by atoms with E-state index in [-0.39, 0.29) is 16.9 Å². The molecule has 1 spiro atoms. The molecule has 23 heavy (non-hydrogen) atoms. The zero-order chi connectivity index (χ0) is 15.9. The Labute approximate surface area is 138 Å². The first-order chi connectivity index (χ1) is 11.0. The Morgan fingerprint density at radius 1 is 1.22 bits per heavy atom. The van der Waals surface area contributed by atoms with Gasteiger partial charge in [0.05, 0.1) is 18.1 Å². The van der Waals surface area contributed by atoms with E-state index in [9.17, 15) is 9.90 Å². The van der Waals surface area contributed by atoms with E-state index in [4.69, 9.17) is 4.74 Å². The monoisotopic (exact) mass is 316 g/mol. The topological polar surface area (TPSA) is 46.5 Å². The average Bonchev–Trinajstić information content (AvgIpc) is 2.99. The van der Waals surface area contributed by atoms with Gasteiger partial charge in [-0.3, -0.25) is 4.79 Å². The van der Waals surface area contributed by atoms with Crippen LogP contribution in [0.5, 0.6) is 0 Å². The lowest BCUT2D eigenvalue weighted by Gasteiger charge is -2.58. The van der Waals surface area contributed by atoms with E-state index in [1.807, 2.05) is 0 Å². The number of rotatable bonds is 1. The molecule has 0 aromatic heterocycles. The fourth-order valence-electron chi connectivity index (χ4n) is 7.60. The van der Waals surface area contributed by atoms with Crippen LogP contribution in [-0.4, -0.2) is 23.3 Å². The van der Waals surface area contributed by atoms with Gasteiger partial charge in [-0.1, -0.05) is 25.8 Å². The van der Waals surface area contributed by atoms with Crippen LogP contribution in [0.2, 0.25) is 0 Å². The van der Waals surface area contributed by atoms with Crippen molar-refractivity contribution in [3.8, 4) is 0 Å². The number of carboxylic acids is 1. The van der Waals surface area contributed by atoms with Gasteiger partial charge in [0.1, 0.15) is 0 Å². The molecule has 4 fully saturated rings. The summed E-state index contributed by atoms with van der Waals surface area (Å²) < 4.78 is 6.67. The Kier molecular flexibility index (Phi) is 2.78. The Morgan fingerprint density at radius 2 is 2.09 bits per heavy atom. The van der Waals surface area contributed by atoms with Crippen molar-refractivity contribution in [3.05, 3.63) is 11.6 Å². The predicted molar refractivity (Wildman–Crippen MR) is 87.0 cm³/mol. The molecule has 2 bridgehead atoms. The van der Waals surface area contributed by atoms with Gasteiger partial charge in [-0.25, -0.2) is 0 Å². The molecule has 5 rings (SSSR count). The highest BCUT2D eigenvalue weighted by Gasteiger charge is 2.70. The summed E-state index contributed by atoms with van der Waals surface area (Å²) in [6.07, 6.45) is 13.1. The molecule has 3 saturated carbocycles. The lowest BCUT2D eigenvalue weighted by Crippen LogP contribution is -2.57. The molecule has 4 aliphatic carbocycles. The summed E-state index contributed by atoms with van der Waals surface area (Å²) in [7, 11) is 0. The second-order valence-corrected chi connectivity index (χ2v) is 9.15. The molecule has 1 aliphatic heterocycles. The molecule has 126 valence electrons. The summed E-state index contributed by atoms with van der Waals surface area (Å²) in [5.41, 5.74) is 1.52. The van der Waals surface area contributed by atoms with E-state index in [2.05, 4.69) is 13.0 Å². The third-order valence-corrected chi connectivity index (χ3v) is 8.63. The summed E-state index contributed by atoms with van der Waals surface area (Å²) >= 11 is 0. The molecule has 1 heterocycles. The molecular weight excluding hydrogens is 288 g/mol. The van der Waals surface area contributed by atoms with Crippen LogP contribution in [0.25, 0.3) is 0 Å². The van der Waals surface area contributed by atoms with Crippen LogP contribution >= 0.6 is 0 Å². The Balaban J connectivity index is 1.58. The standard InChI is InChI=1S/C20H28O3/c1-18-10-8-16-19-9-3-2-4-13(19)7-11-20(16,23-12-19)15(18)6-5-14(18)17(21)22/h6,13-14,16H,2-5,7-12H2,1H3,(H,21,22)/t13-,14-,16-,18-,19-,20-/m1/s1. The first-order valence-corrected chi connectivity index (χ1v) is 9.61. The number of fused-ring (bicyclic) bond motifs is 1. The summed E-state index contributed by atoms with van der Waals surface area (Å²) in [5.74, 6) is 0.657. The molecule has 3 nitrogen and oxygen atoms in total. The zero-order valence-corrected chi connectivity index (χ0v) is 14.1. The van der Waals surface area contributed by atoms with E-state index in [0.717, 1.165) is 25.4 Å². The van der Waals surface area contributed by atoms with Crippen LogP contribution in [0.3, 0.4) is 0 Å². The third kappa shape index (κ3) is 1.54. The number of ether oxygens (including phenoxy) is 1. The van der Waals surface area contributed by atoms with Gasteiger partial charge >= 0.3 is 5.97 Å². The van der Waals surface area contributed by atoms with Crippen LogP contribution in [0, 0.1) is 28.6 Å². The number of allylic oxidation sites excluding steroid dienone is 1. The van der Waals surface area contributed by atoms with Crippen molar-refractivity contribution >= 4 is 5.97 Å². The normalized spacial score (nSPS) is 54.0. The summed E-state index contributed by atoms with van der Waals surface area (Å²) in [4.78, 5) is 11.8. The molecule has 0 amide bonds. The van der Waals surface area contributed by atoms with Crippen molar-refractivity contribution in [2.75, 3.05) is 6.61 Å². The minimum atomic E-state index is -0.618. The molecule has 0 aromatic carbocycles. The first-order valence-electron chi connectivity index (χ1n) is 9.61. The number of hydrogen-bond donors (Lipinski definition) is 1. The molecular formula is C20H28O3. The van der Waals surface area contributed by atoms with Gasteiger partial charge in [0, 0.05) is 10.8 Å². The highest BCUT2D eigenvalue weighted by atomic mass is 16.5. The minimum Gasteiger partial charge on any atom is -0.481 e. The maximum Gasteiger partial charge on any atom is 0.307 e. The number of aliphatic carboxylic acids is 1. The van der Waals surface area contributed by atoms with Crippen molar-refractivity contribution < 1.29 is 14.6 Å². The highest BCUT2D eigenvalue weighted by Crippen LogP contribution is 2.71. The van der Waals surface area contributed by atoms with Gasteiger partial charge in [0.15, 0.2) is 0 Å². The summed E-state index contributed by atoms with van der Waals surface area (Å²) in [6.45, 7) is 3.14. The van der Waals surface area contributed by atoms with Crippen molar-refractivity contribution in [3.63, 3.8) is 0 Å². The Hall–Kier alpha value is -0.830. The second kappa shape index (κ2) is 4.41. The molecule has 3 heteroatoms. The number of carbonyl (C=O) groups is 1. The number of hydrogen-bond acceptors (Lipinski definition) is 2. The molecule has 1 N–H and O–H groups in total. The second-order valence-electron chi connectivity index (χ2n) is 9.15. The van der Waals surface area contributed by atoms with Crippen molar-refractivity contribution in [1.29, 1.82) is 0 Å². The van der Waals surface area contributed by atoms with Crippen molar-refractivity contribution in [1.82, 2.24) is 0 Å². The third-order valence-electron chi connectivity index (χ3n) is 8.63. The van der Waals surface area contributed by atoms with Crippen molar-refractivity contribution in [2.45, 2.75) is 70.3 Å². The molecule has 0 unspecified atom stereocenters. The molecule has 1 saturated heterocycles. The van der Waals surface area contributed by atoms with Gasteiger partial charge in [0.25, 0.3) is 0 Å². The Morgan fingerprint density at radius 3 is 2.91 bits per heavy atom. The average molecular weight is 316 g/mol. The summed E-state index contributed by atoms with van der Waals surface area (Å²) in [6, 6.07) is 0. The van der Waals surface area contributed by atoms with E-state index in [1.165, 1.54) is 44.1 Å². The predicted octanol–water partition coefficient (Wildman–Crippen LogP) is 4.17.